The van der Waals surface area contributed by atoms with Crippen LogP contribution in [0.3, 0.4) is 0 Å². The first kappa shape index (κ1) is 13.8. The quantitative estimate of drug-likeness (QED) is 0.798. The molecule has 6 nitrogen and oxygen atoms in total. The third-order valence-electron chi connectivity index (χ3n) is 4.02. The number of pyridine rings is 1. The number of rotatable bonds is 4. The zero-order chi connectivity index (χ0) is 14.9. The molecule has 0 bridgehead atoms. The fourth-order valence-electron chi connectivity index (χ4n) is 2.69. The van der Waals surface area contributed by atoms with Crippen molar-refractivity contribution < 1.29 is 4.52 Å². The summed E-state index contributed by atoms with van der Waals surface area (Å²) in [6.45, 7) is 0.684. The number of hydrogen-bond acceptors (Lipinski definition) is 6. The molecule has 0 radical (unpaired) electrons. The van der Waals surface area contributed by atoms with E-state index >= 15 is 0 Å². The molecule has 7 heteroatoms. The maximum Gasteiger partial charge on any atom is 0.241 e. The van der Waals surface area contributed by atoms with E-state index in [0.29, 0.717) is 24.3 Å². The summed E-state index contributed by atoms with van der Waals surface area (Å²) >= 11 is 2.00. The Balaban J connectivity index is 1.52. The van der Waals surface area contributed by atoms with Crippen LogP contribution in [0.5, 0.6) is 0 Å². The molecule has 4 rings (SSSR count). The van der Waals surface area contributed by atoms with Crippen LogP contribution in [0.15, 0.2) is 28.9 Å². The Labute approximate surface area is 132 Å². The van der Waals surface area contributed by atoms with Crippen molar-refractivity contribution >= 4 is 22.8 Å². The van der Waals surface area contributed by atoms with E-state index in [4.69, 9.17) is 4.52 Å². The van der Waals surface area contributed by atoms with Gasteiger partial charge in [-0.2, -0.15) is 16.7 Å². The van der Waals surface area contributed by atoms with Gasteiger partial charge in [0.1, 0.15) is 11.3 Å². The number of thioether (sulfide) groups is 1. The molecule has 1 N–H and O–H groups in total. The minimum absolute atomic E-state index is 0.542. The average molecular weight is 315 g/mol. The van der Waals surface area contributed by atoms with E-state index < -0.39 is 0 Å². The van der Waals surface area contributed by atoms with E-state index in [1.54, 1.807) is 0 Å². The Morgan fingerprint density at radius 2 is 2.32 bits per heavy atom. The Morgan fingerprint density at radius 3 is 3.18 bits per heavy atom. The number of aromatic amines is 1. The first-order valence-electron chi connectivity index (χ1n) is 7.35. The summed E-state index contributed by atoms with van der Waals surface area (Å²) in [4.78, 5) is 14.4. The van der Waals surface area contributed by atoms with Crippen LogP contribution in [0.2, 0.25) is 0 Å². The Hall–Kier alpha value is -1.86. The Bertz CT molecular complexity index is 777. The molecular formula is C15H17N5OS. The van der Waals surface area contributed by atoms with Gasteiger partial charge in [0.05, 0.1) is 6.54 Å². The number of hydrogen-bond donors (Lipinski definition) is 1. The number of H-pyrrole nitrogens is 1. The topological polar surface area (TPSA) is 70.8 Å². The van der Waals surface area contributed by atoms with Gasteiger partial charge in [-0.3, -0.25) is 4.90 Å². The minimum Gasteiger partial charge on any atom is -0.346 e. The van der Waals surface area contributed by atoms with Crippen molar-refractivity contribution in [3.8, 4) is 11.5 Å². The van der Waals surface area contributed by atoms with Crippen LogP contribution in [0.4, 0.5) is 0 Å². The van der Waals surface area contributed by atoms with Gasteiger partial charge in [-0.05, 0) is 37.4 Å². The third kappa shape index (κ3) is 2.62. The molecule has 114 valence electrons. The van der Waals surface area contributed by atoms with Crippen LogP contribution in [-0.4, -0.2) is 49.6 Å². The predicted octanol–water partition coefficient (Wildman–Crippen LogP) is 2.55. The van der Waals surface area contributed by atoms with Crippen molar-refractivity contribution in [2.75, 3.05) is 18.6 Å². The van der Waals surface area contributed by atoms with Crippen LogP contribution >= 0.6 is 11.8 Å². The largest absolute Gasteiger partial charge is 0.346 e. The molecule has 1 aliphatic rings. The summed E-state index contributed by atoms with van der Waals surface area (Å²) < 4.78 is 5.38. The molecule has 4 heterocycles. The Morgan fingerprint density at radius 1 is 1.36 bits per heavy atom. The second kappa shape index (κ2) is 5.73. The maximum atomic E-state index is 5.38. The molecule has 3 aromatic rings. The van der Waals surface area contributed by atoms with E-state index in [1.807, 2.05) is 36.2 Å². The second-order valence-corrected chi connectivity index (χ2v) is 6.71. The third-order valence-corrected chi connectivity index (χ3v) is 5.17. The van der Waals surface area contributed by atoms with Gasteiger partial charge in [-0.15, -0.1) is 0 Å². The van der Waals surface area contributed by atoms with Crippen molar-refractivity contribution in [1.29, 1.82) is 0 Å². The number of nitrogens with zero attached hydrogens (tertiary/aromatic N) is 4. The standard InChI is InChI=1S/C15H17N5OS/c1-20(11-5-7-22-9-11)8-13-18-15(19-21-13)12-3-2-10-4-6-16-14(10)17-12/h2-4,6,11H,5,7-9H2,1H3,(H,16,17). The molecule has 1 saturated heterocycles. The van der Waals surface area contributed by atoms with E-state index in [9.17, 15) is 0 Å². The molecule has 0 saturated carbocycles. The zero-order valence-electron chi connectivity index (χ0n) is 12.3. The van der Waals surface area contributed by atoms with Crippen molar-refractivity contribution in [2.24, 2.45) is 0 Å². The van der Waals surface area contributed by atoms with E-state index in [2.05, 4.69) is 32.1 Å². The predicted molar refractivity (Wildman–Crippen MR) is 86.6 cm³/mol. The van der Waals surface area contributed by atoms with Crippen molar-refractivity contribution in [1.82, 2.24) is 25.0 Å². The van der Waals surface area contributed by atoms with E-state index in [-0.39, 0.29) is 0 Å². The van der Waals surface area contributed by atoms with Gasteiger partial charge in [-0.25, -0.2) is 4.98 Å². The fourth-order valence-corrected chi connectivity index (χ4v) is 3.99. The molecule has 1 atom stereocenters. The molecule has 22 heavy (non-hydrogen) atoms. The fraction of sp³-hybridized carbons (Fsp3) is 0.400. The lowest BCUT2D eigenvalue weighted by molar-refractivity contribution is 0.218. The Kier molecular flexibility index (Phi) is 3.59. The summed E-state index contributed by atoms with van der Waals surface area (Å²) in [7, 11) is 2.11. The monoisotopic (exact) mass is 315 g/mol. The molecule has 1 unspecified atom stereocenters. The molecule has 1 aliphatic heterocycles. The highest BCUT2D eigenvalue weighted by Crippen LogP contribution is 2.23. The number of aromatic nitrogens is 4. The highest BCUT2D eigenvalue weighted by Gasteiger charge is 2.22. The molecular weight excluding hydrogens is 298 g/mol. The minimum atomic E-state index is 0.542. The summed E-state index contributed by atoms with van der Waals surface area (Å²) in [6, 6.07) is 6.52. The van der Waals surface area contributed by atoms with Crippen molar-refractivity contribution in [3.63, 3.8) is 0 Å². The molecule has 0 aromatic carbocycles. The van der Waals surface area contributed by atoms with Gasteiger partial charge in [0.2, 0.25) is 11.7 Å². The lowest BCUT2D eigenvalue weighted by Gasteiger charge is -2.21. The van der Waals surface area contributed by atoms with Crippen LogP contribution < -0.4 is 0 Å². The van der Waals surface area contributed by atoms with Crippen LogP contribution in [0.25, 0.3) is 22.6 Å². The van der Waals surface area contributed by atoms with Gasteiger partial charge in [0.25, 0.3) is 0 Å². The first-order valence-corrected chi connectivity index (χ1v) is 8.50. The summed E-state index contributed by atoms with van der Waals surface area (Å²) in [5.74, 6) is 3.61. The SMILES string of the molecule is CN(Cc1nc(-c2ccc3cc[nH]c3n2)no1)C1CCSC1. The van der Waals surface area contributed by atoms with Gasteiger partial charge in [0, 0.05) is 23.4 Å². The smallest absolute Gasteiger partial charge is 0.241 e. The van der Waals surface area contributed by atoms with Crippen LogP contribution in [0, 0.1) is 0 Å². The summed E-state index contributed by atoms with van der Waals surface area (Å²) in [6.07, 6.45) is 3.10. The highest BCUT2D eigenvalue weighted by atomic mass is 32.2. The van der Waals surface area contributed by atoms with Gasteiger partial charge in [0.15, 0.2) is 0 Å². The lowest BCUT2D eigenvalue weighted by Crippen LogP contribution is -2.30. The lowest BCUT2D eigenvalue weighted by atomic mass is 10.2. The molecule has 0 spiro atoms. The molecule has 3 aromatic heterocycles. The summed E-state index contributed by atoms with van der Waals surface area (Å²) in [5.41, 5.74) is 1.56. The van der Waals surface area contributed by atoms with Gasteiger partial charge < -0.3 is 9.51 Å². The highest BCUT2D eigenvalue weighted by molar-refractivity contribution is 7.99. The van der Waals surface area contributed by atoms with Gasteiger partial charge in [-0.1, -0.05) is 5.16 Å². The molecule has 0 amide bonds. The van der Waals surface area contributed by atoms with Gasteiger partial charge >= 0.3 is 0 Å². The van der Waals surface area contributed by atoms with Crippen LogP contribution in [-0.2, 0) is 6.54 Å². The van der Waals surface area contributed by atoms with E-state index in [1.165, 1.54) is 17.9 Å². The average Bonchev–Trinajstić information content (AvgIpc) is 3.27. The molecule has 0 aliphatic carbocycles. The number of fused-ring (bicyclic) bond motifs is 1. The van der Waals surface area contributed by atoms with Crippen molar-refractivity contribution in [2.45, 2.75) is 19.0 Å². The van der Waals surface area contributed by atoms with E-state index in [0.717, 1.165) is 16.7 Å². The summed E-state index contributed by atoms with van der Waals surface area (Å²) in [5, 5.41) is 5.14. The second-order valence-electron chi connectivity index (χ2n) is 5.56. The zero-order valence-corrected chi connectivity index (χ0v) is 13.1. The number of nitrogens with one attached hydrogen (secondary N) is 1. The maximum absolute atomic E-state index is 5.38. The van der Waals surface area contributed by atoms with Crippen molar-refractivity contribution in [3.05, 3.63) is 30.3 Å². The normalized spacial score (nSPS) is 18.5. The first-order chi connectivity index (χ1) is 10.8. The molecule has 1 fully saturated rings. The van der Waals surface area contributed by atoms with Crippen LogP contribution in [0.1, 0.15) is 12.3 Å².